The molecule has 0 fully saturated rings. The van der Waals surface area contributed by atoms with Crippen LogP contribution in [0.25, 0.3) is 0 Å². The third-order valence-corrected chi connectivity index (χ3v) is 5.65. The summed E-state index contributed by atoms with van der Waals surface area (Å²) in [5.41, 5.74) is 3.84. The molecule has 7 heteroatoms. The van der Waals surface area contributed by atoms with Gasteiger partial charge in [-0.1, -0.05) is 18.2 Å². The number of aromatic nitrogens is 1. The number of benzene rings is 2. The predicted octanol–water partition coefficient (Wildman–Crippen LogP) is 4.06. The Hall–Kier alpha value is -3.74. The summed E-state index contributed by atoms with van der Waals surface area (Å²) in [4.78, 5) is 4.52. The second-order valence-electron chi connectivity index (χ2n) is 7.32. The molecule has 2 atom stereocenters. The minimum atomic E-state index is -0.438. The van der Waals surface area contributed by atoms with Gasteiger partial charge in [0.15, 0.2) is 23.0 Å². The molecule has 0 spiro atoms. The van der Waals surface area contributed by atoms with Crippen LogP contribution in [0.3, 0.4) is 0 Å². The van der Waals surface area contributed by atoms with E-state index < -0.39 is 6.23 Å². The van der Waals surface area contributed by atoms with Crippen molar-refractivity contribution in [1.29, 1.82) is 0 Å². The Balaban J connectivity index is 1.45. The topological polar surface area (TPSA) is 65.4 Å². The number of nitrogens with zero attached hydrogens (tertiary/aromatic N) is 3. The number of methoxy groups -OCH3 is 1. The highest BCUT2D eigenvalue weighted by atomic mass is 16.7. The van der Waals surface area contributed by atoms with Gasteiger partial charge in [-0.2, -0.15) is 5.10 Å². The Kier molecular flexibility index (Phi) is 3.80. The van der Waals surface area contributed by atoms with Crippen LogP contribution in [0.4, 0.5) is 0 Å². The van der Waals surface area contributed by atoms with Crippen molar-refractivity contribution in [3.8, 4) is 23.0 Å². The Morgan fingerprint density at radius 2 is 1.97 bits per heavy atom. The second-order valence-corrected chi connectivity index (χ2v) is 7.32. The van der Waals surface area contributed by atoms with Crippen LogP contribution in [0.15, 0.2) is 65.9 Å². The van der Waals surface area contributed by atoms with Crippen LogP contribution < -0.4 is 18.9 Å². The van der Waals surface area contributed by atoms with E-state index >= 15 is 0 Å². The molecule has 2 aromatic carbocycles. The monoisotopic (exact) mass is 401 g/mol. The first-order valence-corrected chi connectivity index (χ1v) is 9.82. The first-order valence-electron chi connectivity index (χ1n) is 9.82. The lowest BCUT2D eigenvalue weighted by Gasteiger charge is -2.38. The molecule has 0 amide bonds. The molecule has 0 saturated carbocycles. The Labute approximate surface area is 173 Å². The molecule has 3 aliphatic rings. The first-order chi connectivity index (χ1) is 14.8. The van der Waals surface area contributed by atoms with Crippen LogP contribution in [-0.4, -0.2) is 29.6 Å². The molecular formula is C23H19N3O4. The molecule has 3 aromatic rings. The molecule has 0 unspecified atom stereocenters. The van der Waals surface area contributed by atoms with Crippen molar-refractivity contribution < 1.29 is 18.9 Å². The number of para-hydroxylation sites is 1. The lowest BCUT2D eigenvalue weighted by molar-refractivity contribution is -0.0236. The molecule has 0 saturated heterocycles. The van der Waals surface area contributed by atoms with Crippen LogP contribution in [0.5, 0.6) is 23.0 Å². The molecular weight excluding hydrogens is 382 g/mol. The standard InChI is InChI=1S/C23H19N3O4/c1-27-20-7-4-5-15-18-12-17(14-8-9-19-21(11-14)29-13-28-19)25-26(18)23(30-22(15)20)16-6-2-3-10-24-16/h2-11,18,23H,12-13H2,1H3/t18-,23-/m0/s1. The van der Waals surface area contributed by atoms with E-state index in [9.17, 15) is 0 Å². The summed E-state index contributed by atoms with van der Waals surface area (Å²) in [5.74, 6) is 2.98. The quantitative estimate of drug-likeness (QED) is 0.659. The third-order valence-electron chi connectivity index (χ3n) is 5.65. The number of hydrogen-bond acceptors (Lipinski definition) is 7. The number of hydrogen-bond donors (Lipinski definition) is 0. The third kappa shape index (κ3) is 2.58. The average Bonchev–Trinajstić information content (AvgIpc) is 3.45. The fourth-order valence-electron chi connectivity index (χ4n) is 4.21. The molecule has 30 heavy (non-hydrogen) atoms. The maximum absolute atomic E-state index is 6.40. The van der Waals surface area contributed by atoms with E-state index in [4.69, 9.17) is 24.0 Å². The molecule has 3 aliphatic heterocycles. The Morgan fingerprint density at radius 1 is 1.03 bits per heavy atom. The van der Waals surface area contributed by atoms with Crippen LogP contribution >= 0.6 is 0 Å². The summed E-state index contributed by atoms with van der Waals surface area (Å²) >= 11 is 0. The van der Waals surface area contributed by atoms with Gasteiger partial charge in [0, 0.05) is 23.7 Å². The van der Waals surface area contributed by atoms with Crippen molar-refractivity contribution in [3.63, 3.8) is 0 Å². The Morgan fingerprint density at radius 3 is 2.83 bits per heavy atom. The van der Waals surface area contributed by atoms with E-state index in [-0.39, 0.29) is 12.8 Å². The molecule has 0 radical (unpaired) electrons. The summed E-state index contributed by atoms with van der Waals surface area (Å²) in [6.07, 6.45) is 2.07. The Bertz CT molecular complexity index is 1150. The summed E-state index contributed by atoms with van der Waals surface area (Å²) in [5, 5.41) is 6.97. The molecule has 0 bridgehead atoms. The van der Waals surface area contributed by atoms with Crippen molar-refractivity contribution in [2.24, 2.45) is 5.10 Å². The highest BCUT2D eigenvalue weighted by Gasteiger charge is 2.42. The molecule has 150 valence electrons. The van der Waals surface area contributed by atoms with Crippen molar-refractivity contribution >= 4 is 5.71 Å². The van der Waals surface area contributed by atoms with Crippen molar-refractivity contribution in [2.75, 3.05) is 13.9 Å². The van der Waals surface area contributed by atoms with E-state index in [0.717, 1.165) is 46.2 Å². The fraction of sp³-hybridized carbons (Fsp3) is 0.217. The maximum Gasteiger partial charge on any atom is 0.231 e. The first kappa shape index (κ1) is 17.1. The molecule has 1 aromatic heterocycles. The largest absolute Gasteiger partial charge is 0.493 e. The zero-order valence-electron chi connectivity index (χ0n) is 16.3. The van der Waals surface area contributed by atoms with E-state index in [2.05, 4.69) is 11.1 Å². The van der Waals surface area contributed by atoms with Gasteiger partial charge >= 0.3 is 0 Å². The normalized spacial score (nSPS) is 20.8. The minimum Gasteiger partial charge on any atom is -0.493 e. The van der Waals surface area contributed by atoms with E-state index in [0.29, 0.717) is 5.75 Å². The smallest absolute Gasteiger partial charge is 0.231 e. The molecule has 0 N–H and O–H groups in total. The summed E-state index contributed by atoms with van der Waals surface area (Å²) in [6.45, 7) is 0.253. The predicted molar refractivity (Wildman–Crippen MR) is 109 cm³/mol. The SMILES string of the molecule is COc1cccc2c1O[C@@H](c1ccccn1)N1N=C(c3ccc4c(c3)OCO4)C[C@@H]21. The van der Waals surface area contributed by atoms with E-state index in [1.807, 2.05) is 53.5 Å². The van der Waals surface area contributed by atoms with Gasteiger partial charge in [-0.3, -0.25) is 4.98 Å². The van der Waals surface area contributed by atoms with Gasteiger partial charge in [0.1, 0.15) is 5.69 Å². The minimum absolute atomic E-state index is 0.0243. The highest BCUT2D eigenvalue weighted by Crippen LogP contribution is 2.50. The number of rotatable bonds is 3. The van der Waals surface area contributed by atoms with Crippen LogP contribution in [0, 0.1) is 0 Å². The fourth-order valence-corrected chi connectivity index (χ4v) is 4.21. The number of ether oxygens (including phenoxy) is 4. The lowest BCUT2D eigenvalue weighted by atomic mass is 9.96. The van der Waals surface area contributed by atoms with E-state index in [1.165, 1.54) is 0 Å². The molecule has 7 nitrogen and oxygen atoms in total. The van der Waals surface area contributed by atoms with Gasteiger partial charge < -0.3 is 18.9 Å². The van der Waals surface area contributed by atoms with Gasteiger partial charge in [0.25, 0.3) is 0 Å². The van der Waals surface area contributed by atoms with Crippen LogP contribution in [0.1, 0.15) is 35.5 Å². The van der Waals surface area contributed by atoms with Crippen LogP contribution in [0.2, 0.25) is 0 Å². The van der Waals surface area contributed by atoms with Crippen molar-refractivity contribution in [2.45, 2.75) is 18.7 Å². The molecule has 4 heterocycles. The number of fused-ring (bicyclic) bond motifs is 4. The lowest BCUT2D eigenvalue weighted by Crippen LogP contribution is -2.34. The van der Waals surface area contributed by atoms with Gasteiger partial charge in [-0.15, -0.1) is 0 Å². The summed E-state index contributed by atoms with van der Waals surface area (Å²) < 4.78 is 23.0. The van der Waals surface area contributed by atoms with Gasteiger partial charge in [-0.25, -0.2) is 5.01 Å². The highest BCUT2D eigenvalue weighted by molar-refractivity contribution is 6.02. The maximum atomic E-state index is 6.40. The van der Waals surface area contributed by atoms with Gasteiger partial charge in [0.05, 0.1) is 18.9 Å². The van der Waals surface area contributed by atoms with Gasteiger partial charge in [0.2, 0.25) is 13.0 Å². The molecule has 0 aliphatic carbocycles. The van der Waals surface area contributed by atoms with Gasteiger partial charge in [-0.05, 0) is 36.4 Å². The number of pyridine rings is 1. The summed E-state index contributed by atoms with van der Waals surface area (Å²) in [7, 11) is 1.66. The zero-order chi connectivity index (χ0) is 20.1. The van der Waals surface area contributed by atoms with Crippen molar-refractivity contribution in [3.05, 3.63) is 77.6 Å². The molecule has 6 rings (SSSR count). The second kappa shape index (κ2) is 6.66. The van der Waals surface area contributed by atoms with Crippen LogP contribution in [-0.2, 0) is 0 Å². The van der Waals surface area contributed by atoms with Crippen molar-refractivity contribution in [1.82, 2.24) is 9.99 Å². The zero-order valence-corrected chi connectivity index (χ0v) is 16.3. The summed E-state index contributed by atoms with van der Waals surface area (Å²) in [6, 6.07) is 17.7. The number of hydrazone groups is 1. The average molecular weight is 401 g/mol. The van der Waals surface area contributed by atoms with E-state index in [1.54, 1.807) is 13.3 Å².